The fourth-order valence-electron chi connectivity index (χ4n) is 2.42. The second-order valence-electron chi connectivity index (χ2n) is 7.01. The maximum Gasteiger partial charge on any atom is 0.299 e. The average Bonchev–Trinajstić information content (AvgIpc) is 3.18. The third-order valence-corrected chi connectivity index (χ3v) is 4.00. The molecule has 0 fully saturated rings. The van der Waals surface area contributed by atoms with Crippen LogP contribution >= 0.6 is 0 Å². The van der Waals surface area contributed by atoms with Crippen LogP contribution in [0.3, 0.4) is 0 Å². The Labute approximate surface area is 150 Å². The maximum absolute atomic E-state index is 12.6. The summed E-state index contributed by atoms with van der Waals surface area (Å²) in [5, 5.41) is 18.3. The Morgan fingerprint density at radius 3 is 2.42 bits per heavy atom. The molecule has 0 spiro atoms. The summed E-state index contributed by atoms with van der Waals surface area (Å²) in [5.74, 6) is 1.16. The first-order valence-corrected chi connectivity index (χ1v) is 8.23. The number of nitrogens with one attached hydrogen (secondary N) is 2. The monoisotopic (exact) mass is 354 g/mol. The minimum absolute atomic E-state index is 0.0636. The molecule has 0 unspecified atom stereocenters. The van der Waals surface area contributed by atoms with Crippen LogP contribution in [-0.4, -0.2) is 27.1 Å². The van der Waals surface area contributed by atoms with E-state index in [1.807, 2.05) is 6.07 Å². The Kier molecular flexibility index (Phi) is 4.50. The van der Waals surface area contributed by atoms with E-state index in [1.165, 1.54) is 4.68 Å². The van der Waals surface area contributed by atoms with Crippen LogP contribution < -0.4 is 10.3 Å². The van der Waals surface area contributed by atoms with E-state index in [9.17, 15) is 4.79 Å². The van der Waals surface area contributed by atoms with E-state index in [0.717, 1.165) is 11.4 Å². The first kappa shape index (κ1) is 17.7. The summed E-state index contributed by atoms with van der Waals surface area (Å²) < 4.78 is 6.56. The van der Waals surface area contributed by atoms with E-state index >= 15 is 0 Å². The maximum atomic E-state index is 12.6. The molecule has 2 aromatic heterocycles. The van der Waals surface area contributed by atoms with Gasteiger partial charge >= 0.3 is 0 Å². The van der Waals surface area contributed by atoms with Crippen LogP contribution in [0.2, 0.25) is 0 Å². The van der Waals surface area contributed by atoms with Gasteiger partial charge < -0.3 is 4.74 Å². The smallest absolute Gasteiger partial charge is 0.299 e. The normalized spacial score (nSPS) is 12.0. The minimum atomic E-state index is -0.275. The number of H-pyrrole nitrogens is 2. The Morgan fingerprint density at radius 1 is 1.15 bits per heavy atom. The first-order valence-electron chi connectivity index (χ1n) is 8.23. The molecule has 136 valence electrons. The van der Waals surface area contributed by atoms with Crippen LogP contribution in [0.5, 0.6) is 5.75 Å². The molecular formula is C18H22N6O2. The zero-order valence-electron chi connectivity index (χ0n) is 15.5. The van der Waals surface area contributed by atoms with Gasteiger partial charge in [-0.2, -0.15) is 5.10 Å². The lowest BCUT2D eigenvalue weighted by Gasteiger charge is -2.14. The molecule has 0 amide bonds. The number of nitrogens with zero attached hydrogens (tertiary/aromatic N) is 4. The summed E-state index contributed by atoms with van der Waals surface area (Å²) in [7, 11) is 1.60. The van der Waals surface area contributed by atoms with Gasteiger partial charge in [0.2, 0.25) is 0 Å². The molecule has 0 atom stereocenters. The lowest BCUT2D eigenvalue weighted by Crippen LogP contribution is -2.13. The number of methoxy groups -OCH3 is 1. The largest absolute Gasteiger partial charge is 0.497 e. The lowest BCUT2D eigenvalue weighted by molar-refractivity contribution is 0.414. The number of rotatable bonds is 4. The SMILES string of the molecule is COc1ccc(-n2[nH]c(C)c(N=Nc3cc(C(C)(C)C)[nH]n3)c2=O)cc1. The molecule has 2 N–H and O–H groups in total. The van der Waals surface area contributed by atoms with E-state index in [0.29, 0.717) is 17.2 Å². The van der Waals surface area contributed by atoms with Crippen molar-refractivity contribution in [2.45, 2.75) is 33.1 Å². The molecule has 3 aromatic rings. The fourth-order valence-corrected chi connectivity index (χ4v) is 2.42. The zero-order valence-corrected chi connectivity index (χ0v) is 15.5. The van der Waals surface area contributed by atoms with Crippen molar-refractivity contribution < 1.29 is 4.74 Å². The third-order valence-electron chi connectivity index (χ3n) is 4.00. The second kappa shape index (κ2) is 6.62. The number of ether oxygens (including phenoxy) is 1. The van der Waals surface area contributed by atoms with Crippen LogP contribution in [0.15, 0.2) is 45.4 Å². The van der Waals surface area contributed by atoms with Crippen molar-refractivity contribution in [2.24, 2.45) is 10.2 Å². The van der Waals surface area contributed by atoms with Crippen LogP contribution in [0, 0.1) is 6.92 Å². The third kappa shape index (κ3) is 3.44. The highest BCUT2D eigenvalue weighted by Crippen LogP contribution is 2.24. The summed E-state index contributed by atoms with van der Waals surface area (Å²) in [5.41, 5.74) is 2.18. The van der Waals surface area contributed by atoms with Gasteiger partial charge in [-0.25, -0.2) is 4.68 Å². The zero-order chi connectivity index (χ0) is 18.9. The molecule has 0 radical (unpaired) electrons. The van der Waals surface area contributed by atoms with Gasteiger partial charge in [0.15, 0.2) is 11.5 Å². The molecule has 2 heterocycles. The van der Waals surface area contributed by atoms with E-state index in [-0.39, 0.29) is 16.7 Å². The molecule has 8 heteroatoms. The molecule has 0 aliphatic carbocycles. The number of aromatic amines is 2. The summed E-state index contributed by atoms with van der Waals surface area (Å²) in [6, 6.07) is 8.99. The van der Waals surface area contributed by atoms with Gasteiger partial charge in [0.05, 0.1) is 18.5 Å². The number of benzene rings is 1. The van der Waals surface area contributed by atoms with Crippen LogP contribution in [0.1, 0.15) is 32.2 Å². The predicted molar refractivity (Wildman–Crippen MR) is 99.1 cm³/mol. The number of aryl methyl sites for hydroxylation is 1. The molecule has 26 heavy (non-hydrogen) atoms. The summed E-state index contributed by atoms with van der Waals surface area (Å²) in [6.45, 7) is 8.00. The standard InChI is InChI=1S/C18H22N6O2/c1-11-16(22-21-15-10-14(19-20-15)18(2,3)4)17(25)24(23-11)12-6-8-13(26-5)9-7-12/h6-10,23H,1-5H3,(H,19,20). The molecular weight excluding hydrogens is 332 g/mol. The Hall–Kier alpha value is -3.16. The second-order valence-corrected chi connectivity index (χ2v) is 7.01. The number of aromatic nitrogens is 4. The van der Waals surface area contributed by atoms with Gasteiger partial charge in [-0.1, -0.05) is 20.8 Å². The van der Waals surface area contributed by atoms with Crippen molar-refractivity contribution >= 4 is 11.5 Å². The number of hydrogen-bond acceptors (Lipinski definition) is 5. The molecule has 0 aliphatic rings. The summed E-state index contributed by atoms with van der Waals surface area (Å²) in [4.78, 5) is 12.6. The van der Waals surface area contributed by atoms with Gasteiger partial charge in [0, 0.05) is 17.2 Å². The van der Waals surface area contributed by atoms with Gasteiger partial charge in [-0.05, 0) is 31.2 Å². The van der Waals surface area contributed by atoms with E-state index in [2.05, 4.69) is 46.3 Å². The van der Waals surface area contributed by atoms with Crippen molar-refractivity contribution in [1.82, 2.24) is 20.0 Å². The van der Waals surface area contributed by atoms with Gasteiger partial charge in [-0.15, -0.1) is 10.2 Å². The number of hydrogen-bond donors (Lipinski definition) is 2. The van der Waals surface area contributed by atoms with Gasteiger partial charge in [0.25, 0.3) is 5.56 Å². The Morgan fingerprint density at radius 2 is 1.85 bits per heavy atom. The topological polar surface area (TPSA) is 100 Å². The molecule has 1 aromatic carbocycles. The highest BCUT2D eigenvalue weighted by atomic mass is 16.5. The fraction of sp³-hybridized carbons (Fsp3) is 0.333. The van der Waals surface area contributed by atoms with E-state index < -0.39 is 0 Å². The van der Waals surface area contributed by atoms with Gasteiger partial charge in [-0.3, -0.25) is 15.0 Å². The average molecular weight is 354 g/mol. The van der Waals surface area contributed by atoms with Crippen LogP contribution in [0.4, 0.5) is 11.5 Å². The van der Waals surface area contributed by atoms with Crippen molar-refractivity contribution in [1.29, 1.82) is 0 Å². The van der Waals surface area contributed by atoms with Crippen LogP contribution in [-0.2, 0) is 5.41 Å². The highest BCUT2D eigenvalue weighted by Gasteiger charge is 2.17. The van der Waals surface area contributed by atoms with Gasteiger partial charge in [0.1, 0.15) is 5.75 Å². The Balaban J connectivity index is 1.90. The van der Waals surface area contributed by atoms with Crippen molar-refractivity contribution in [3.8, 4) is 11.4 Å². The quantitative estimate of drug-likeness (QED) is 0.694. The lowest BCUT2D eigenvalue weighted by atomic mass is 9.92. The van der Waals surface area contributed by atoms with E-state index in [1.54, 1.807) is 38.3 Å². The molecule has 0 saturated carbocycles. The molecule has 0 saturated heterocycles. The molecule has 8 nitrogen and oxygen atoms in total. The van der Waals surface area contributed by atoms with Crippen molar-refractivity contribution in [3.05, 3.63) is 52.1 Å². The predicted octanol–water partition coefficient (Wildman–Crippen LogP) is 3.92. The highest BCUT2D eigenvalue weighted by molar-refractivity contribution is 5.44. The molecule has 0 bridgehead atoms. The summed E-state index contributed by atoms with van der Waals surface area (Å²) in [6.07, 6.45) is 0. The Bertz CT molecular complexity index is 986. The van der Waals surface area contributed by atoms with E-state index in [4.69, 9.17) is 4.74 Å². The molecule has 0 aliphatic heterocycles. The van der Waals surface area contributed by atoms with Crippen LogP contribution in [0.25, 0.3) is 5.69 Å². The molecule has 3 rings (SSSR count). The van der Waals surface area contributed by atoms with Crippen molar-refractivity contribution in [2.75, 3.05) is 7.11 Å². The first-order chi connectivity index (χ1) is 12.3. The van der Waals surface area contributed by atoms with Crippen molar-refractivity contribution in [3.63, 3.8) is 0 Å². The minimum Gasteiger partial charge on any atom is -0.497 e. The number of azo groups is 1. The summed E-state index contributed by atoms with van der Waals surface area (Å²) >= 11 is 0.